The van der Waals surface area contributed by atoms with Gasteiger partial charge < -0.3 is 19.7 Å². The Hall–Kier alpha value is -2.38. The number of carbonyl (C=O) groups excluding carboxylic acids is 2. The molecule has 0 aromatic carbocycles. The molecule has 0 aliphatic rings. The van der Waals surface area contributed by atoms with Crippen LogP contribution in [0.2, 0.25) is 0 Å². The summed E-state index contributed by atoms with van der Waals surface area (Å²) < 4.78 is 11.8. The molecule has 0 spiro atoms. The third-order valence-corrected chi connectivity index (χ3v) is 14.8. The summed E-state index contributed by atoms with van der Waals surface area (Å²) in [5.74, 6) is -2.42. The highest BCUT2D eigenvalue weighted by Gasteiger charge is 2.43. The van der Waals surface area contributed by atoms with Gasteiger partial charge in [-0.3, -0.25) is 19.2 Å². The summed E-state index contributed by atoms with van der Waals surface area (Å²) in [7, 11) is 0. The van der Waals surface area contributed by atoms with Crippen molar-refractivity contribution < 1.29 is 38.9 Å². The fourth-order valence-corrected chi connectivity index (χ4v) is 10.1. The van der Waals surface area contributed by atoms with Gasteiger partial charge in [-0.15, -0.1) is 0 Å². The predicted octanol–water partition coefficient (Wildman–Crippen LogP) is 18.7. The van der Waals surface area contributed by atoms with Crippen LogP contribution in [-0.4, -0.2) is 47.3 Å². The molecule has 0 rings (SSSR count). The Bertz CT molecular complexity index is 1130. The largest absolute Gasteiger partial charge is 0.481 e. The lowest BCUT2D eigenvalue weighted by atomic mass is 9.63. The maximum Gasteiger partial charge on any atom is 0.305 e. The van der Waals surface area contributed by atoms with Gasteiger partial charge in [-0.1, -0.05) is 252 Å². The Morgan fingerprint density at radius 1 is 0.382 bits per heavy atom. The highest BCUT2D eigenvalue weighted by atomic mass is 16.5. The Morgan fingerprint density at radius 3 is 0.971 bits per heavy atom. The third kappa shape index (κ3) is 42.5. The molecule has 0 heterocycles. The second-order valence-corrected chi connectivity index (χ2v) is 21.1. The third-order valence-electron chi connectivity index (χ3n) is 14.8. The van der Waals surface area contributed by atoms with E-state index >= 15 is 0 Å². The standard InChI is InChI=1S/C60H112O8/c1-5-7-9-11-13-15-17-19-21-23-28-32-36-40-44-48-58(65)67-52-54(3)60(51-57(63)64,50-46-42-38-34-30-26-25-27-31-35-39-43-47-56(61)62)55(4)53-68-59(66)49-45-41-37-33-29-24-22-20-18-16-14-12-10-8-6-2/h26,30,54-55H,5-25,27-29,31-53H2,1-4H3,(H,61,62)(H,63,64). The van der Waals surface area contributed by atoms with Crippen LogP contribution in [0, 0.1) is 17.3 Å². The minimum atomic E-state index is -0.873. The van der Waals surface area contributed by atoms with E-state index in [9.17, 15) is 24.3 Å². The van der Waals surface area contributed by atoms with Crippen molar-refractivity contribution in [2.45, 2.75) is 317 Å². The molecule has 2 N–H and O–H groups in total. The minimum absolute atomic E-state index is 0.0568. The number of hydrogen-bond acceptors (Lipinski definition) is 6. The van der Waals surface area contributed by atoms with Crippen LogP contribution in [0.3, 0.4) is 0 Å². The zero-order chi connectivity index (χ0) is 50.0. The van der Waals surface area contributed by atoms with Crippen LogP contribution in [0.5, 0.6) is 0 Å². The summed E-state index contributed by atoms with van der Waals surface area (Å²) in [4.78, 5) is 49.2. The summed E-state index contributed by atoms with van der Waals surface area (Å²) in [5.41, 5.74) is -0.685. The number of aliphatic carboxylic acids is 2. The average Bonchev–Trinajstić information content (AvgIpc) is 3.31. The molecule has 0 saturated heterocycles. The first-order valence-corrected chi connectivity index (χ1v) is 29.5. The van der Waals surface area contributed by atoms with E-state index in [0.29, 0.717) is 19.3 Å². The first-order chi connectivity index (χ1) is 33.1. The van der Waals surface area contributed by atoms with Crippen molar-refractivity contribution in [3.8, 4) is 0 Å². The number of carboxylic acid groups (broad SMARTS) is 2. The van der Waals surface area contributed by atoms with E-state index in [1.54, 1.807) is 0 Å². The van der Waals surface area contributed by atoms with E-state index in [1.807, 2.05) is 13.8 Å². The van der Waals surface area contributed by atoms with Gasteiger partial charge in [0.15, 0.2) is 0 Å². The molecule has 400 valence electrons. The molecule has 0 radical (unpaired) electrons. The summed E-state index contributed by atoms with van der Waals surface area (Å²) in [5, 5.41) is 19.1. The number of ether oxygens (including phenoxy) is 2. The first kappa shape index (κ1) is 65.6. The summed E-state index contributed by atoms with van der Waals surface area (Å²) in [6.07, 6.45) is 54.2. The number of unbranched alkanes of at least 4 members (excludes halogenated alkanes) is 36. The van der Waals surface area contributed by atoms with Crippen molar-refractivity contribution in [3.05, 3.63) is 12.2 Å². The van der Waals surface area contributed by atoms with E-state index in [0.717, 1.165) is 103 Å². The molecule has 2 atom stereocenters. The molecule has 0 saturated carbocycles. The van der Waals surface area contributed by atoms with Gasteiger partial charge in [0.1, 0.15) is 0 Å². The van der Waals surface area contributed by atoms with Gasteiger partial charge in [0.05, 0.1) is 19.6 Å². The highest BCUT2D eigenvalue weighted by molar-refractivity contribution is 5.70. The van der Waals surface area contributed by atoms with Gasteiger partial charge in [-0.2, -0.15) is 0 Å². The fourth-order valence-electron chi connectivity index (χ4n) is 10.1. The van der Waals surface area contributed by atoms with Crippen LogP contribution in [-0.2, 0) is 28.7 Å². The lowest BCUT2D eigenvalue weighted by Crippen LogP contribution is -2.42. The summed E-state index contributed by atoms with van der Waals surface area (Å²) in [6.45, 7) is 8.92. The van der Waals surface area contributed by atoms with E-state index in [-0.39, 0.29) is 49.8 Å². The van der Waals surface area contributed by atoms with Crippen LogP contribution < -0.4 is 0 Å². The first-order valence-electron chi connectivity index (χ1n) is 29.5. The normalized spacial score (nSPS) is 13.4. The Kier molecular flexibility index (Phi) is 47.9. The average molecular weight is 962 g/mol. The lowest BCUT2D eigenvalue weighted by Gasteiger charge is -2.43. The van der Waals surface area contributed by atoms with Gasteiger partial charge in [0, 0.05) is 19.3 Å². The second-order valence-electron chi connectivity index (χ2n) is 21.1. The Labute approximate surface area is 420 Å². The molecule has 0 aromatic rings. The Morgan fingerprint density at radius 2 is 0.662 bits per heavy atom. The van der Waals surface area contributed by atoms with Gasteiger partial charge >= 0.3 is 23.9 Å². The molecular weight excluding hydrogens is 849 g/mol. The van der Waals surface area contributed by atoms with Crippen molar-refractivity contribution in [1.82, 2.24) is 0 Å². The van der Waals surface area contributed by atoms with Crippen molar-refractivity contribution in [3.63, 3.8) is 0 Å². The highest BCUT2D eigenvalue weighted by Crippen LogP contribution is 2.45. The number of rotatable bonds is 54. The zero-order valence-corrected chi connectivity index (χ0v) is 45.4. The van der Waals surface area contributed by atoms with Crippen LogP contribution in [0.1, 0.15) is 317 Å². The van der Waals surface area contributed by atoms with Gasteiger partial charge in [-0.25, -0.2) is 0 Å². The van der Waals surface area contributed by atoms with Gasteiger partial charge in [-0.05, 0) is 68.6 Å². The number of allylic oxidation sites excluding steroid dienone is 2. The molecule has 0 aliphatic carbocycles. The maximum atomic E-state index is 13.0. The Balaban J connectivity index is 4.90. The van der Waals surface area contributed by atoms with Gasteiger partial charge in [0.25, 0.3) is 0 Å². The molecule has 0 fully saturated rings. The van der Waals surface area contributed by atoms with E-state index < -0.39 is 17.4 Å². The number of esters is 2. The van der Waals surface area contributed by atoms with Crippen LogP contribution in [0.15, 0.2) is 12.2 Å². The SMILES string of the molecule is CCCCCCCCCCCCCCCCCC(=O)OCC(C)C(CCCCCC=CCCCCCCCC(=O)O)(CC(=O)O)C(C)COC(=O)CCCCCCCCCCCCCCCCC. The minimum Gasteiger partial charge on any atom is -0.481 e. The van der Waals surface area contributed by atoms with Crippen LogP contribution in [0.4, 0.5) is 0 Å². The quantitative estimate of drug-likeness (QED) is 0.0351. The van der Waals surface area contributed by atoms with E-state index in [4.69, 9.17) is 14.6 Å². The fraction of sp³-hybridized carbons (Fsp3) is 0.900. The smallest absolute Gasteiger partial charge is 0.305 e. The molecule has 8 nitrogen and oxygen atoms in total. The van der Waals surface area contributed by atoms with Crippen molar-refractivity contribution >= 4 is 23.9 Å². The number of carboxylic acids is 2. The molecule has 2 unspecified atom stereocenters. The number of carbonyl (C=O) groups is 4. The predicted molar refractivity (Wildman–Crippen MR) is 286 cm³/mol. The van der Waals surface area contributed by atoms with Crippen molar-refractivity contribution in [2.24, 2.45) is 17.3 Å². The molecular formula is C60H112O8. The second kappa shape index (κ2) is 49.6. The van der Waals surface area contributed by atoms with Crippen molar-refractivity contribution in [2.75, 3.05) is 13.2 Å². The van der Waals surface area contributed by atoms with Gasteiger partial charge in [0.2, 0.25) is 0 Å². The molecule has 0 aliphatic heterocycles. The van der Waals surface area contributed by atoms with Crippen molar-refractivity contribution in [1.29, 1.82) is 0 Å². The van der Waals surface area contributed by atoms with Crippen LogP contribution in [0.25, 0.3) is 0 Å². The van der Waals surface area contributed by atoms with E-state index in [2.05, 4.69) is 26.0 Å². The monoisotopic (exact) mass is 961 g/mol. The molecule has 0 aromatic heterocycles. The molecule has 68 heavy (non-hydrogen) atoms. The molecule has 0 amide bonds. The topological polar surface area (TPSA) is 127 Å². The molecule has 0 bridgehead atoms. The van der Waals surface area contributed by atoms with Crippen LogP contribution >= 0.6 is 0 Å². The zero-order valence-electron chi connectivity index (χ0n) is 45.4. The maximum absolute atomic E-state index is 13.0. The lowest BCUT2D eigenvalue weighted by molar-refractivity contribution is -0.153. The van der Waals surface area contributed by atoms with E-state index in [1.165, 1.54) is 154 Å². The number of hydrogen-bond donors (Lipinski definition) is 2. The summed E-state index contributed by atoms with van der Waals surface area (Å²) in [6, 6.07) is 0. The molecule has 8 heteroatoms. The summed E-state index contributed by atoms with van der Waals surface area (Å²) >= 11 is 0.